The normalized spacial score (nSPS) is 11.1. The number of ketones is 1. The lowest BCUT2D eigenvalue weighted by molar-refractivity contribution is -0.117. The van der Waals surface area contributed by atoms with Gasteiger partial charge in [0.2, 0.25) is 0 Å². The molecule has 0 bridgehead atoms. The van der Waals surface area contributed by atoms with Gasteiger partial charge in [-0.1, -0.05) is 17.7 Å². The average molecular weight is 302 g/mol. The maximum Gasteiger partial charge on any atom is 0.408 e. The van der Waals surface area contributed by atoms with Gasteiger partial charge in [0.25, 0.3) is 0 Å². The van der Waals surface area contributed by atoms with Crippen molar-refractivity contribution >= 4 is 23.5 Å². The molecular weight excluding hydrogens is 285 g/mol. The number of Topliss-reactive ketones (excluding diaryl/α,β-unsaturated/α-hetero) is 1. The summed E-state index contributed by atoms with van der Waals surface area (Å²) in [6.07, 6.45) is -0.585. The number of nitrogens with one attached hydrogen (secondary N) is 1. The molecule has 1 N–H and O–H groups in total. The van der Waals surface area contributed by atoms with E-state index in [9.17, 15) is 14.0 Å². The molecule has 1 aromatic carbocycles. The number of carbonyl (C=O) groups excluding carboxylic acids is 2. The SMILES string of the molecule is CC(C)(C)OC(=O)NCC(=O)Cc1ccc(F)c(Cl)c1. The molecule has 1 amide bonds. The van der Waals surface area contributed by atoms with Crippen LogP contribution in [-0.2, 0) is 16.0 Å². The summed E-state index contributed by atoms with van der Waals surface area (Å²) in [5, 5.41) is 2.34. The van der Waals surface area contributed by atoms with Gasteiger partial charge in [-0.2, -0.15) is 0 Å². The fraction of sp³-hybridized carbons (Fsp3) is 0.429. The monoisotopic (exact) mass is 301 g/mol. The van der Waals surface area contributed by atoms with Crippen LogP contribution in [-0.4, -0.2) is 24.0 Å². The van der Waals surface area contributed by atoms with Crippen molar-refractivity contribution in [1.29, 1.82) is 0 Å². The first-order chi connectivity index (χ1) is 9.17. The Hall–Kier alpha value is -1.62. The summed E-state index contributed by atoms with van der Waals surface area (Å²) in [5.74, 6) is -0.756. The topological polar surface area (TPSA) is 55.4 Å². The van der Waals surface area contributed by atoms with E-state index in [4.69, 9.17) is 16.3 Å². The highest BCUT2D eigenvalue weighted by molar-refractivity contribution is 6.30. The zero-order valence-electron chi connectivity index (χ0n) is 11.6. The molecule has 6 heteroatoms. The van der Waals surface area contributed by atoms with Gasteiger partial charge in [0.05, 0.1) is 11.6 Å². The van der Waals surface area contributed by atoms with E-state index in [1.54, 1.807) is 20.8 Å². The van der Waals surface area contributed by atoms with E-state index >= 15 is 0 Å². The minimum absolute atomic E-state index is 0.0320. The van der Waals surface area contributed by atoms with Gasteiger partial charge in [0, 0.05) is 6.42 Å². The van der Waals surface area contributed by atoms with Crippen molar-refractivity contribution in [3.63, 3.8) is 0 Å². The number of amides is 1. The van der Waals surface area contributed by atoms with Gasteiger partial charge < -0.3 is 10.1 Å². The van der Waals surface area contributed by atoms with Crippen molar-refractivity contribution in [2.45, 2.75) is 32.8 Å². The van der Waals surface area contributed by atoms with Gasteiger partial charge in [-0.05, 0) is 38.5 Å². The van der Waals surface area contributed by atoms with E-state index in [1.165, 1.54) is 18.2 Å². The number of carbonyl (C=O) groups is 2. The molecule has 1 aromatic rings. The summed E-state index contributed by atoms with van der Waals surface area (Å²) in [6, 6.07) is 4.07. The lowest BCUT2D eigenvalue weighted by Gasteiger charge is -2.19. The summed E-state index contributed by atoms with van der Waals surface area (Å²) in [6.45, 7) is 5.04. The van der Waals surface area contributed by atoms with Gasteiger partial charge >= 0.3 is 6.09 Å². The van der Waals surface area contributed by atoms with Gasteiger partial charge in [-0.15, -0.1) is 0 Å². The molecule has 0 fully saturated rings. The molecule has 110 valence electrons. The molecule has 0 aliphatic rings. The molecule has 0 radical (unpaired) electrons. The first-order valence-corrected chi connectivity index (χ1v) is 6.47. The summed E-state index contributed by atoms with van der Waals surface area (Å²) < 4.78 is 18.0. The zero-order chi connectivity index (χ0) is 15.3. The highest BCUT2D eigenvalue weighted by atomic mass is 35.5. The van der Waals surface area contributed by atoms with E-state index < -0.39 is 17.5 Å². The lowest BCUT2D eigenvalue weighted by Crippen LogP contribution is -2.35. The number of alkyl carbamates (subject to hydrolysis) is 1. The smallest absolute Gasteiger partial charge is 0.408 e. The predicted molar refractivity (Wildman–Crippen MR) is 74.4 cm³/mol. The molecule has 4 nitrogen and oxygen atoms in total. The van der Waals surface area contributed by atoms with Gasteiger partial charge in [-0.25, -0.2) is 9.18 Å². The first kappa shape index (κ1) is 16.4. The second-order valence-corrected chi connectivity index (χ2v) is 5.73. The minimum atomic E-state index is -0.650. The van der Waals surface area contributed by atoms with Crippen molar-refractivity contribution in [2.24, 2.45) is 0 Å². The van der Waals surface area contributed by atoms with Crippen LogP contribution < -0.4 is 5.32 Å². The van der Waals surface area contributed by atoms with Crippen LogP contribution >= 0.6 is 11.6 Å². The third kappa shape index (κ3) is 6.02. The molecule has 0 saturated carbocycles. The van der Waals surface area contributed by atoms with Crippen LogP contribution in [0.2, 0.25) is 5.02 Å². The van der Waals surface area contributed by atoms with Crippen molar-refractivity contribution in [1.82, 2.24) is 5.32 Å². The summed E-state index contributed by atoms with van der Waals surface area (Å²) in [4.78, 5) is 23.0. The third-order valence-corrected chi connectivity index (χ3v) is 2.50. The Balaban J connectivity index is 2.44. The van der Waals surface area contributed by atoms with Crippen LogP contribution in [0.3, 0.4) is 0 Å². The summed E-state index contributed by atoms with van der Waals surface area (Å²) >= 11 is 5.62. The van der Waals surface area contributed by atoms with Gasteiger partial charge in [0.1, 0.15) is 11.4 Å². The average Bonchev–Trinajstić information content (AvgIpc) is 2.29. The second-order valence-electron chi connectivity index (χ2n) is 5.32. The van der Waals surface area contributed by atoms with Crippen molar-refractivity contribution < 1.29 is 18.7 Å². The van der Waals surface area contributed by atoms with E-state index in [-0.39, 0.29) is 23.8 Å². The molecule has 1 rings (SSSR count). The standard InChI is InChI=1S/C14H17ClFNO3/c1-14(2,3)20-13(19)17-8-10(18)6-9-4-5-12(16)11(15)7-9/h4-5,7H,6,8H2,1-3H3,(H,17,19). The largest absolute Gasteiger partial charge is 0.444 e. The van der Waals surface area contributed by atoms with E-state index in [0.29, 0.717) is 5.56 Å². The number of rotatable bonds is 4. The van der Waals surface area contributed by atoms with E-state index in [1.807, 2.05) is 0 Å². The summed E-state index contributed by atoms with van der Waals surface area (Å²) in [7, 11) is 0. The molecule has 0 aromatic heterocycles. The highest BCUT2D eigenvalue weighted by Crippen LogP contribution is 2.16. The molecule has 0 heterocycles. The quantitative estimate of drug-likeness (QED) is 0.929. The highest BCUT2D eigenvalue weighted by Gasteiger charge is 2.16. The second kappa shape index (κ2) is 6.70. The number of hydrogen-bond acceptors (Lipinski definition) is 3. The Bertz CT molecular complexity index is 512. The fourth-order valence-corrected chi connectivity index (χ4v) is 1.63. The van der Waals surface area contributed by atoms with Gasteiger partial charge in [-0.3, -0.25) is 4.79 Å². The van der Waals surface area contributed by atoms with Gasteiger partial charge in [0.15, 0.2) is 5.78 Å². The van der Waals surface area contributed by atoms with Crippen LogP contribution in [0.1, 0.15) is 26.3 Å². The predicted octanol–water partition coefficient (Wildman–Crippen LogP) is 3.12. The van der Waals surface area contributed by atoms with Crippen LogP contribution in [0.25, 0.3) is 0 Å². The molecular formula is C14H17ClFNO3. The lowest BCUT2D eigenvalue weighted by atomic mass is 10.1. The van der Waals surface area contributed by atoms with Crippen molar-refractivity contribution in [3.8, 4) is 0 Å². The van der Waals surface area contributed by atoms with Crippen LogP contribution in [0.5, 0.6) is 0 Å². The van der Waals surface area contributed by atoms with E-state index in [2.05, 4.69) is 5.32 Å². The minimum Gasteiger partial charge on any atom is -0.444 e. The van der Waals surface area contributed by atoms with Crippen molar-refractivity contribution in [2.75, 3.05) is 6.54 Å². The maximum absolute atomic E-state index is 13.0. The van der Waals surface area contributed by atoms with E-state index in [0.717, 1.165) is 0 Å². The molecule has 0 atom stereocenters. The van der Waals surface area contributed by atoms with Crippen LogP contribution in [0.4, 0.5) is 9.18 Å². The molecule has 0 unspecified atom stereocenters. The Morgan fingerprint density at radius 3 is 2.55 bits per heavy atom. The Morgan fingerprint density at radius 1 is 1.35 bits per heavy atom. The molecule has 0 aliphatic heterocycles. The van der Waals surface area contributed by atoms with Crippen molar-refractivity contribution in [3.05, 3.63) is 34.6 Å². The summed E-state index contributed by atoms with van der Waals surface area (Å²) in [5.41, 5.74) is -0.0233. The Kier molecular flexibility index (Phi) is 5.51. The number of hydrogen-bond donors (Lipinski definition) is 1. The van der Waals surface area contributed by atoms with Crippen LogP contribution in [0.15, 0.2) is 18.2 Å². The zero-order valence-corrected chi connectivity index (χ0v) is 12.4. The number of halogens is 2. The maximum atomic E-state index is 13.0. The number of benzene rings is 1. The first-order valence-electron chi connectivity index (χ1n) is 6.10. The molecule has 20 heavy (non-hydrogen) atoms. The Labute approximate surface area is 122 Å². The molecule has 0 aliphatic carbocycles. The number of ether oxygens (including phenoxy) is 1. The van der Waals surface area contributed by atoms with Crippen LogP contribution in [0, 0.1) is 5.82 Å². The third-order valence-electron chi connectivity index (χ3n) is 2.21. The Morgan fingerprint density at radius 2 is 2.00 bits per heavy atom. The molecule has 0 saturated heterocycles. The fourth-order valence-electron chi connectivity index (χ4n) is 1.42. The molecule has 0 spiro atoms.